The van der Waals surface area contributed by atoms with Crippen molar-refractivity contribution < 1.29 is 18.4 Å². The third kappa shape index (κ3) is 2.42. The van der Waals surface area contributed by atoms with Crippen LogP contribution < -0.4 is 16.5 Å². The molecule has 26 heavy (non-hydrogen) atoms. The number of hydrogen-bond donors (Lipinski definition) is 2. The highest BCUT2D eigenvalue weighted by atomic mass is 16.3. The van der Waals surface area contributed by atoms with Gasteiger partial charge >= 0.3 is 0 Å². The number of nitrogens with two attached hydrogens (primary N) is 1. The number of nitrogens with one attached hydrogen (secondary N) is 1. The fraction of sp³-hybridized carbons (Fsp3) is 0. The molecule has 0 fully saturated rings. The van der Waals surface area contributed by atoms with E-state index in [9.17, 15) is 14.4 Å². The zero-order chi connectivity index (χ0) is 18.3. The normalized spacial score (nSPS) is 10.9. The van der Waals surface area contributed by atoms with Crippen molar-refractivity contribution in [1.82, 2.24) is 0 Å². The van der Waals surface area contributed by atoms with Crippen LogP contribution in [-0.4, -0.2) is 11.8 Å². The van der Waals surface area contributed by atoms with Gasteiger partial charge in [-0.1, -0.05) is 24.3 Å². The van der Waals surface area contributed by atoms with Crippen LogP contribution in [0.1, 0.15) is 20.9 Å². The molecule has 4 rings (SSSR count). The Morgan fingerprint density at radius 3 is 2.31 bits per heavy atom. The van der Waals surface area contributed by atoms with Crippen molar-refractivity contribution in [1.29, 1.82) is 0 Å². The molecular weight excluding hydrogens is 336 g/mol. The lowest BCUT2D eigenvalue weighted by atomic mass is 10.1. The summed E-state index contributed by atoms with van der Waals surface area (Å²) in [6, 6.07) is 13.4. The van der Waals surface area contributed by atoms with Crippen LogP contribution in [-0.2, 0) is 0 Å². The van der Waals surface area contributed by atoms with Crippen LogP contribution >= 0.6 is 0 Å². The standard InChI is InChI=1S/C19H12N2O5/c20-18(23)17-15(10-5-1-4-8-14(10)26-17)21-19(24)12-9-25-13-7-3-2-6-11(13)16(12)22/h1-9H,(H2,20,23)(H,21,24). The number of anilines is 1. The minimum Gasteiger partial charge on any atom is -0.463 e. The van der Waals surface area contributed by atoms with E-state index in [1.807, 2.05) is 0 Å². The zero-order valence-electron chi connectivity index (χ0n) is 13.3. The molecule has 0 atom stereocenters. The summed E-state index contributed by atoms with van der Waals surface area (Å²) in [5.74, 6) is -1.75. The number of primary amides is 1. The molecule has 2 amide bonds. The first kappa shape index (κ1) is 15.6. The zero-order valence-corrected chi connectivity index (χ0v) is 13.3. The SMILES string of the molecule is NC(=O)c1oc2ccccc2c1NC(=O)c1coc2ccccc2c1=O. The fourth-order valence-electron chi connectivity index (χ4n) is 2.76. The molecule has 2 aromatic carbocycles. The van der Waals surface area contributed by atoms with Crippen LogP contribution in [0.2, 0.25) is 0 Å². The molecule has 0 aliphatic heterocycles. The maximum Gasteiger partial charge on any atom is 0.286 e. The van der Waals surface area contributed by atoms with E-state index in [1.165, 1.54) is 0 Å². The number of furan rings is 1. The van der Waals surface area contributed by atoms with Crippen molar-refractivity contribution in [2.24, 2.45) is 5.73 Å². The molecule has 0 saturated carbocycles. The highest BCUT2D eigenvalue weighted by Crippen LogP contribution is 2.30. The largest absolute Gasteiger partial charge is 0.463 e. The quantitative estimate of drug-likeness (QED) is 0.590. The van der Waals surface area contributed by atoms with Crippen LogP contribution in [0.5, 0.6) is 0 Å². The van der Waals surface area contributed by atoms with Gasteiger partial charge in [0.2, 0.25) is 11.2 Å². The number of benzene rings is 2. The smallest absolute Gasteiger partial charge is 0.286 e. The Hall–Kier alpha value is -3.87. The summed E-state index contributed by atoms with van der Waals surface area (Å²) >= 11 is 0. The predicted molar refractivity (Wildman–Crippen MR) is 95.2 cm³/mol. The molecule has 4 aromatic rings. The van der Waals surface area contributed by atoms with Crippen LogP contribution in [0.15, 0.2) is 68.4 Å². The Bertz CT molecular complexity index is 1240. The molecule has 0 unspecified atom stereocenters. The molecule has 0 aliphatic rings. The number of hydrogen-bond acceptors (Lipinski definition) is 5. The fourth-order valence-corrected chi connectivity index (χ4v) is 2.76. The molecular formula is C19H12N2O5. The summed E-state index contributed by atoms with van der Waals surface area (Å²) in [5.41, 5.74) is 5.55. The van der Waals surface area contributed by atoms with Crippen molar-refractivity contribution in [2.45, 2.75) is 0 Å². The number of para-hydroxylation sites is 2. The molecule has 0 spiro atoms. The first-order chi connectivity index (χ1) is 12.6. The molecule has 7 nitrogen and oxygen atoms in total. The molecule has 2 heterocycles. The first-order valence-corrected chi connectivity index (χ1v) is 7.69. The number of carbonyl (C=O) groups is 2. The molecule has 7 heteroatoms. The van der Waals surface area contributed by atoms with Crippen molar-refractivity contribution >= 4 is 39.4 Å². The average molecular weight is 348 g/mol. The van der Waals surface area contributed by atoms with Gasteiger partial charge < -0.3 is 19.9 Å². The molecule has 0 bridgehead atoms. The minimum absolute atomic E-state index is 0.116. The number of amides is 2. The lowest BCUT2D eigenvalue weighted by Crippen LogP contribution is -2.22. The summed E-state index contributed by atoms with van der Waals surface area (Å²) < 4.78 is 10.8. The average Bonchev–Trinajstić information content (AvgIpc) is 3.01. The molecule has 2 aromatic heterocycles. The predicted octanol–water partition coefficient (Wildman–Crippen LogP) is 2.89. The first-order valence-electron chi connectivity index (χ1n) is 7.69. The van der Waals surface area contributed by atoms with Gasteiger partial charge in [0.1, 0.15) is 28.7 Å². The van der Waals surface area contributed by atoms with E-state index < -0.39 is 17.2 Å². The van der Waals surface area contributed by atoms with E-state index in [2.05, 4.69) is 5.32 Å². The molecule has 0 saturated heterocycles. The number of carbonyl (C=O) groups excluding carboxylic acids is 2. The second-order valence-corrected chi connectivity index (χ2v) is 5.60. The Morgan fingerprint density at radius 2 is 1.58 bits per heavy atom. The lowest BCUT2D eigenvalue weighted by Gasteiger charge is -2.05. The Kier molecular flexibility index (Phi) is 3.54. The summed E-state index contributed by atoms with van der Waals surface area (Å²) in [7, 11) is 0. The third-order valence-electron chi connectivity index (χ3n) is 3.98. The van der Waals surface area contributed by atoms with E-state index in [0.717, 1.165) is 6.26 Å². The Morgan fingerprint density at radius 1 is 0.923 bits per heavy atom. The van der Waals surface area contributed by atoms with E-state index in [-0.39, 0.29) is 22.4 Å². The molecule has 0 aliphatic carbocycles. The number of fused-ring (bicyclic) bond motifs is 2. The van der Waals surface area contributed by atoms with Gasteiger partial charge in [0.15, 0.2) is 0 Å². The van der Waals surface area contributed by atoms with E-state index >= 15 is 0 Å². The van der Waals surface area contributed by atoms with Gasteiger partial charge in [-0.05, 0) is 24.3 Å². The van der Waals surface area contributed by atoms with Gasteiger partial charge in [-0.3, -0.25) is 14.4 Å². The van der Waals surface area contributed by atoms with E-state index in [1.54, 1.807) is 48.5 Å². The maximum atomic E-state index is 12.6. The lowest BCUT2D eigenvalue weighted by molar-refractivity contribution is 0.0977. The second kappa shape index (κ2) is 5.89. The molecule has 0 radical (unpaired) electrons. The summed E-state index contributed by atoms with van der Waals surface area (Å²) in [6.45, 7) is 0. The Labute approximate surface area is 146 Å². The van der Waals surface area contributed by atoms with E-state index in [4.69, 9.17) is 14.6 Å². The van der Waals surface area contributed by atoms with Gasteiger partial charge in [0, 0.05) is 5.39 Å². The Balaban J connectivity index is 1.81. The topological polar surface area (TPSA) is 116 Å². The highest BCUT2D eigenvalue weighted by Gasteiger charge is 2.22. The monoisotopic (exact) mass is 348 g/mol. The molecule has 3 N–H and O–H groups in total. The van der Waals surface area contributed by atoms with E-state index in [0.29, 0.717) is 16.6 Å². The minimum atomic E-state index is -0.831. The molecule has 128 valence electrons. The van der Waals surface area contributed by atoms with Crippen molar-refractivity contribution in [3.8, 4) is 0 Å². The van der Waals surface area contributed by atoms with Crippen LogP contribution in [0.3, 0.4) is 0 Å². The van der Waals surface area contributed by atoms with Crippen LogP contribution in [0, 0.1) is 0 Å². The third-order valence-corrected chi connectivity index (χ3v) is 3.98. The second-order valence-electron chi connectivity index (χ2n) is 5.60. The summed E-state index contributed by atoms with van der Waals surface area (Å²) in [5, 5.41) is 3.33. The summed E-state index contributed by atoms with van der Waals surface area (Å²) in [4.78, 5) is 36.8. The van der Waals surface area contributed by atoms with Crippen molar-refractivity contribution in [3.63, 3.8) is 0 Å². The van der Waals surface area contributed by atoms with Gasteiger partial charge in [0.25, 0.3) is 11.8 Å². The summed E-state index contributed by atoms with van der Waals surface area (Å²) in [6.07, 6.45) is 1.09. The maximum absolute atomic E-state index is 12.6. The van der Waals surface area contributed by atoms with Gasteiger partial charge in [-0.2, -0.15) is 0 Å². The van der Waals surface area contributed by atoms with Crippen molar-refractivity contribution in [2.75, 3.05) is 5.32 Å². The van der Waals surface area contributed by atoms with Gasteiger partial charge in [-0.25, -0.2) is 0 Å². The van der Waals surface area contributed by atoms with Gasteiger partial charge in [0.05, 0.1) is 5.39 Å². The highest BCUT2D eigenvalue weighted by molar-refractivity contribution is 6.14. The number of rotatable bonds is 3. The van der Waals surface area contributed by atoms with Gasteiger partial charge in [-0.15, -0.1) is 0 Å². The van der Waals surface area contributed by atoms with Crippen LogP contribution in [0.4, 0.5) is 5.69 Å². The van der Waals surface area contributed by atoms with Crippen LogP contribution in [0.25, 0.3) is 21.9 Å². The van der Waals surface area contributed by atoms with Crippen molar-refractivity contribution in [3.05, 3.63) is 76.3 Å².